The lowest BCUT2D eigenvalue weighted by molar-refractivity contribution is 0.211. The van der Waals surface area contributed by atoms with Crippen molar-refractivity contribution in [1.82, 2.24) is 0 Å². The molecule has 0 bridgehead atoms. The number of ether oxygens (including phenoxy) is 1. The van der Waals surface area contributed by atoms with Gasteiger partial charge in [0.05, 0.1) is 0 Å². The molecule has 1 aromatic carbocycles. The van der Waals surface area contributed by atoms with Crippen molar-refractivity contribution >= 4 is 6.09 Å². The first-order valence-electron chi connectivity index (χ1n) is 4.17. The van der Waals surface area contributed by atoms with Gasteiger partial charge in [0.2, 0.25) is 0 Å². The van der Waals surface area contributed by atoms with Crippen LogP contribution in [-0.4, -0.2) is 6.09 Å². The first kappa shape index (κ1) is 9.58. The Balaban J connectivity index is 2.85. The lowest BCUT2D eigenvalue weighted by Crippen LogP contribution is -2.16. The topological polar surface area (TPSA) is 52.3 Å². The Bertz CT molecular complexity index is 308. The molecule has 13 heavy (non-hydrogen) atoms. The molecule has 0 spiro atoms. The van der Waals surface area contributed by atoms with Crippen LogP contribution >= 0.6 is 0 Å². The van der Waals surface area contributed by atoms with Crippen molar-refractivity contribution in [1.29, 1.82) is 0 Å². The van der Waals surface area contributed by atoms with Gasteiger partial charge < -0.3 is 10.5 Å². The fourth-order valence-corrected chi connectivity index (χ4v) is 1.05. The van der Waals surface area contributed by atoms with Gasteiger partial charge in [0.1, 0.15) is 5.75 Å². The molecule has 3 nitrogen and oxygen atoms in total. The van der Waals surface area contributed by atoms with Crippen molar-refractivity contribution in [3.05, 3.63) is 29.8 Å². The summed E-state index contributed by atoms with van der Waals surface area (Å²) in [6.45, 7) is 4.15. The molecule has 0 aliphatic carbocycles. The first-order valence-corrected chi connectivity index (χ1v) is 4.17. The molecular weight excluding hydrogens is 166 g/mol. The molecule has 1 amide bonds. The molecule has 0 unspecified atom stereocenters. The summed E-state index contributed by atoms with van der Waals surface area (Å²) >= 11 is 0. The molecule has 3 heteroatoms. The van der Waals surface area contributed by atoms with E-state index in [2.05, 4.69) is 13.8 Å². The predicted octanol–water partition coefficient (Wildman–Crippen LogP) is 2.27. The molecule has 1 aromatic rings. The summed E-state index contributed by atoms with van der Waals surface area (Å²) in [5.74, 6) is 0.912. The van der Waals surface area contributed by atoms with Crippen LogP contribution in [-0.2, 0) is 0 Å². The monoisotopic (exact) mass is 179 g/mol. The van der Waals surface area contributed by atoms with Gasteiger partial charge >= 0.3 is 6.09 Å². The fraction of sp³-hybridized carbons (Fsp3) is 0.300. The average molecular weight is 179 g/mol. The highest BCUT2D eigenvalue weighted by molar-refractivity contribution is 5.68. The summed E-state index contributed by atoms with van der Waals surface area (Å²) in [7, 11) is 0. The van der Waals surface area contributed by atoms with Crippen LogP contribution in [0.2, 0.25) is 0 Å². The van der Waals surface area contributed by atoms with Gasteiger partial charge in [-0.05, 0) is 23.6 Å². The molecule has 0 heterocycles. The van der Waals surface area contributed by atoms with Crippen molar-refractivity contribution in [2.45, 2.75) is 19.8 Å². The van der Waals surface area contributed by atoms with Crippen molar-refractivity contribution < 1.29 is 9.53 Å². The minimum atomic E-state index is -0.777. The SMILES string of the molecule is CC(C)c1cccc(OC(N)=O)c1. The maximum Gasteiger partial charge on any atom is 0.409 e. The fourth-order valence-electron chi connectivity index (χ4n) is 1.05. The molecule has 0 saturated heterocycles. The zero-order valence-electron chi connectivity index (χ0n) is 7.78. The summed E-state index contributed by atoms with van der Waals surface area (Å²) in [4.78, 5) is 10.4. The number of nitrogens with two attached hydrogens (primary N) is 1. The number of hydrogen-bond acceptors (Lipinski definition) is 2. The molecule has 1 rings (SSSR count). The van der Waals surface area contributed by atoms with Crippen LogP contribution in [0.3, 0.4) is 0 Å². The van der Waals surface area contributed by atoms with E-state index in [0.29, 0.717) is 11.7 Å². The predicted molar refractivity (Wildman–Crippen MR) is 50.7 cm³/mol. The molecule has 0 aliphatic heterocycles. The van der Waals surface area contributed by atoms with Gasteiger partial charge in [-0.15, -0.1) is 0 Å². The highest BCUT2D eigenvalue weighted by atomic mass is 16.5. The summed E-state index contributed by atoms with van der Waals surface area (Å²) in [6.07, 6.45) is -0.777. The van der Waals surface area contributed by atoms with E-state index in [9.17, 15) is 4.79 Å². The van der Waals surface area contributed by atoms with Gasteiger partial charge in [-0.2, -0.15) is 0 Å². The highest BCUT2D eigenvalue weighted by Gasteiger charge is 2.02. The van der Waals surface area contributed by atoms with Crippen LogP contribution in [0.25, 0.3) is 0 Å². The Hall–Kier alpha value is -1.51. The van der Waals surface area contributed by atoms with Crippen LogP contribution < -0.4 is 10.5 Å². The number of amides is 1. The zero-order valence-corrected chi connectivity index (χ0v) is 7.78. The van der Waals surface area contributed by atoms with E-state index in [1.165, 1.54) is 0 Å². The molecule has 0 radical (unpaired) electrons. The molecule has 2 N–H and O–H groups in total. The van der Waals surface area contributed by atoms with E-state index in [1.807, 2.05) is 18.2 Å². The maximum atomic E-state index is 10.4. The van der Waals surface area contributed by atoms with Crippen LogP contribution in [0.4, 0.5) is 4.79 Å². The second-order valence-corrected chi connectivity index (χ2v) is 3.15. The Morgan fingerprint density at radius 3 is 2.69 bits per heavy atom. The number of primary amides is 1. The minimum absolute atomic E-state index is 0.413. The van der Waals surface area contributed by atoms with Crippen LogP contribution in [0.15, 0.2) is 24.3 Å². The number of benzene rings is 1. The van der Waals surface area contributed by atoms with Crippen molar-refractivity contribution in [2.75, 3.05) is 0 Å². The normalized spacial score (nSPS) is 10.1. The van der Waals surface area contributed by atoms with E-state index in [-0.39, 0.29) is 0 Å². The zero-order chi connectivity index (χ0) is 9.84. The van der Waals surface area contributed by atoms with Gasteiger partial charge in [-0.25, -0.2) is 4.79 Å². The van der Waals surface area contributed by atoms with Gasteiger partial charge in [-0.1, -0.05) is 26.0 Å². The van der Waals surface area contributed by atoms with Gasteiger partial charge in [0.25, 0.3) is 0 Å². The quantitative estimate of drug-likeness (QED) is 0.757. The lowest BCUT2D eigenvalue weighted by Gasteiger charge is -2.06. The summed E-state index contributed by atoms with van der Waals surface area (Å²) in [6, 6.07) is 7.35. The second kappa shape index (κ2) is 3.94. The van der Waals surface area contributed by atoms with Crippen molar-refractivity contribution in [3.8, 4) is 5.75 Å². The van der Waals surface area contributed by atoms with Crippen LogP contribution in [0.5, 0.6) is 5.75 Å². The standard InChI is InChI=1S/C10H13NO2/c1-7(2)8-4-3-5-9(6-8)13-10(11)12/h3-7H,1-2H3,(H2,11,12). The van der Waals surface area contributed by atoms with Crippen molar-refractivity contribution in [2.24, 2.45) is 5.73 Å². The molecule has 0 aromatic heterocycles. The third-order valence-corrected chi connectivity index (χ3v) is 1.74. The molecule has 0 saturated carbocycles. The number of rotatable bonds is 2. The summed E-state index contributed by atoms with van der Waals surface area (Å²) < 4.78 is 4.74. The number of carbonyl (C=O) groups excluding carboxylic acids is 1. The van der Waals surface area contributed by atoms with E-state index in [4.69, 9.17) is 10.5 Å². The Morgan fingerprint density at radius 1 is 1.46 bits per heavy atom. The van der Waals surface area contributed by atoms with Gasteiger partial charge in [0.15, 0.2) is 0 Å². The number of hydrogen-bond donors (Lipinski definition) is 1. The molecule has 0 aliphatic rings. The van der Waals surface area contributed by atoms with E-state index >= 15 is 0 Å². The third-order valence-electron chi connectivity index (χ3n) is 1.74. The van der Waals surface area contributed by atoms with E-state index < -0.39 is 6.09 Å². The Labute approximate surface area is 77.5 Å². The minimum Gasteiger partial charge on any atom is -0.410 e. The molecule has 0 fully saturated rings. The maximum absolute atomic E-state index is 10.4. The lowest BCUT2D eigenvalue weighted by atomic mass is 10.0. The van der Waals surface area contributed by atoms with Gasteiger partial charge in [-0.3, -0.25) is 0 Å². The molecule has 70 valence electrons. The molecular formula is C10H13NO2. The first-order chi connectivity index (χ1) is 6.09. The smallest absolute Gasteiger partial charge is 0.409 e. The van der Waals surface area contributed by atoms with E-state index in [0.717, 1.165) is 5.56 Å². The van der Waals surface area contributed by atoms with Crippen LogP contribution in [0, 0.1) is 0 Å². The van der Waals surface area contributed by atoms with Crippen LogP contribution in [0.1, 0.15) is 25.3 Å². The highest BCUT2D eigenvalue weighted by Crippen LogP contribution is 2.19. The van der Waals surface area contributed by atoms with Gasteiger partial charge in [0, 0.05) is 0 Å². The number of carbonyl (C=O) groups is 1. The summed E-state index contributed by atoms with van der Waals surface area (Å²) in [5.41, 5.74) is 6.01. The Kier molecular flexibility index (Phi) is 2.90. The van der Waals surface area contributed by atoms with Crippen molar-refractivity contribution in [3.63, 3.8) is 0 Å². The second-order valence-electron chi connectivity index (χ2n) is 3.15. The Morgan fingerprint density at radius 2 is 2.15 bits per heavy atom. The largest absolute Gasteiger partial charge is 0.410 e. The summed E-state index contributed by atoms with van der Waals surface area (Å²) in [5, 5.41) is 0. The van der Waals surface area contributed by atoms with E-state index in [1.54, 1.807) is 6.07 Å². The third kappa shape index (κ3) is 2.78. The average Bonchev–Trinajstić information content (AvgIpc) is 2.03. The molecule has 0 atom stereocenters.